The molecule has 7 heteroatoms. The van der Waals surface area contributed by atoms with Gasteiger partial charge in [-0.25, -0.2) is 0 Å². The Morgan fingerprint density at radius 3 is 2.82 bits per heavy atom. The van der Waals surface area contributed by atoms with E-state index in [1.54, 1.807) is 35.3 Å². The number of carbonyl (C=O) groups is 1. The summed E-state index contributed by atoms with van der Waals surface area (Å²) in [5.41, 5.74) is 3.13. The summed E-state index contributed by atoms with van der Waals surface area (Å²) in [7, 11) is 0. The highest BCUT2D eigenvalue weighted by Crippen LogP contribution is 2.20. The van der Waals surface area contributed by atoms with Crippen molar-refractivity contribution < 1.29 is 9.32 Å². The summed E-state index contributed by atoms with van der Waals surface area (Å²) in [5.74, 6) is 0.149. The second-order valence-corrected chi connectivity index (χ2v) is 6.14. The largest absolute Gasteiger partial charge is 0.355 e. The van der Waals surface area contributed by atoms with Crippen molar-refractivity contribution in [2.24, 2.45) is 0 Å². The zero-order valence-corrected chi connectivity index (χ0v) is 14.7. The molecule has 7 nitrogen and oxygen atoms in total. The Kier molecular flexibility index (Phi) is 4.68. The summed E-state index contributed by atoms with van der Waals surface area (Å²) >= 11 is 0. The van der Waals surface area contributed by atoms with Gasteiger partial charge in [0.2, 0.25) is 0 Å². The second-order valence-electron chi connectivity index (χ2n) is 6.14. The molecule has 0 saturated carbocycles. The Morgan fingerprint density at radius 1 is 1.14 bits per heavy atom. The number of carbonyl (C=O) groups excluding carboxylic acids is 1. The summed E-state index contributed by atoms with van der Waals surface area (Å²) < 4.78 is 6.94. The number of nitrogens with one attached hydrogen (secondary N) is 1. The first-order valence-corrected chi connectivity index (χ1v) is 8.56. The molecule has 0 atom stereocenters. The third kappa shape index (κ3) is 3.81. The zero-order chi connectivity index (χ0) is 19.3. The van der Waals surface area contributed by atoms with Gasteiger partial charge in [0.05, 0.1) is 30.1 Å². The molecular formula is C21H15N5O2. The van der Waals surface area contributed by atoms with Crippen molar-refractivity contribution in [2.75, 3.05) is 5.32 Å². The van der Waals surface area contributed by atoms with Crippen LogP contribution in [0.2, 0.25) is 0 Å². The maximum atomic E-state index is 12.4. The summed E-state index contributed by atoms with van der Waals surface area (Å²) in [6.45, 7) is 0.494. The molecule has 136 valence electrons. The number of hydrogen-bond donors (Lipinski definition) is 1. The number of amides is 1. The Balaban J connectivity index is 1.43. The standard InChI is InChI=1S/C21H15N5O2/c22-11-15-5-4-6-16(9-15)13-26-14-18(12-23-26)24-21(27)19-10-20(28-25-19)17-7-2-1-3-8-17/h1-10,12,14H,13H2,(H,24,27). The maximum absolute atomic E-state index is 12.4. The van der Waals surface area contributed by atoms with E-state index in [0.29, 0.717) is 23.6 Å². The lowest BCUT2D eigenvalue weighted by molar-refractivity contribution is 0.101. The van der Waals surface area contributed by atoms with Crippen LogP contribution in [0, 0.1) is 11.3 Å². The lowest BCUT2D eigenvalue weighted by Gasteiger charge is -2.02. The van der Waals surface area contributed by atoms with Crippen LogP contribution in [0.1, 0.15) is 21.6 Å². The average Bonchev–Trinajstić information content (AvgIpc) is 3.39. The molecule has 0 spiro atoms. The molecular weight excluding hydrogens is 354 g/mol. The van der Waals surface area contributed by atoms with Crippen molar-refractivity contribution in [2.45, 2.75) is 6.54 Å². The van der Waals surface area contributed by atoms with Crippen LogP contribution in [-0.2, 0) is 6.54 Å². The molecule has 4 aromatic rings. The van der Waals surface area contributed by atoms with Gasteiger partial charge >= 0.3 is 0 Å². The van der Waals surface area contributed by atoms with Crippen molar-refractivity contribution in [3.8, 4) is 17.4 Å². The predicted molar refractivity (Wildman–Crippen MR) is 102 cm³/mol. The number of nitriles is 1. The zero-order valence-electron chi connectivity index (χ0n) is 14.7. The number of hydrogen-bond acceptors (Lipinski definition) is 5. The summed E-state index contributed by atoms with van der Waals surface area (Å²) in [4.78, 5) is 12.4. The first-order chi connectivity index (χ1) is 13.7. The monoisotopic (exact) mass is 369 g/mol. The highest BCUT2D eigenvalue weighted by Gasteiger charge is 2.14. The summed E-state index contributed by atoms with van der Waals surface area (Å²) in [5, 5.41) is 19.8. The molecule has 28 heavy (non-hydrogen) atoms. The number of nitrogens with zero attached hydrogens (tertiary/aromatic N) is 4. The smallest absolute Gasteiger partial charge is 0.277 e. The van der Waals surface area contributed by atoms with Crippen LogP contribution < -0.4 is 5.32 Å². The lowest BCUT2D eigenvalue weighted by atomic mass is 10.1. The molecule has 0 aliphatic heterocycles. The Labute approximate surface area is 160 Å². The van der Waals surface area contributed by atoms with Gasteiger partial charge < -0.3 is 9.84 Å². The molecule has 0 aliphatic rings. The van der Waals surface area contributed by atoms with Gasteiger partial charge in [-0.05, 0) is 17.7 Å². The van der Waals surface area contributed by atoms with Crippen molar-refractivity contribution in [3.63, 3.8) is 0 Å². The van der Waals surface area contributed by atoms with E-state index in [4.69, 9.17) is 9.78 Å². The molecule has 0 fully saturated rings. The lowest BCUT2D eigenvalue weighted by Crippen LogP contribution is -2.11. The van der Waals surface area contributed by atoms with Crippen LogP contribution in [0.4, 0.5) is 5.69 Å². The van der Waals surface area contributed by atoms with E-state index < -0.39 is 0 Å². The highest BCUT2D eigenvalue weighted by atomic mass is 16.5. The molecule has 1 amide bonds. The average molecular weight is 369 g/mol. The quantitative estimate of drug-likeness (QED) is 0.578. The van der Waals surface area contributed by atoms with Crippen LogP contribution in [0.3, 0.4) is 0 Å². The van der Waals surface area contributed by atoms with Gasteiger partial charge in [0.25, 0.3) is 5.91 Å². The van der Waals surface area contributed by atoms with Gasteiger partial charge in [-0.3, -0.25) is 9.48 Å². The van der Waals surface area contributed by atoms with Crippen LogP contribution in [0.5, 0.6) is 0 Å². The van der Waals surface area contributed by atoms with Crippen molar-refractivity contribution in [3.05, 3.63) is 89.9 Å². The van der Waals surface area contributed by atoms with E-state index in [1.165, 1.54) is 0 Å². The van der Waals surface area contributed by atoms with E-state index >= 15 is 0 Å². The second kappa shape index (κ2) is 7.60. The minimum absolute atomic E-state index is 0.188. The number of anilines is 1. The van der Waals surface area contributed by atoms with Gasteiger partial charge in [0.1, 0.15) is 0 Å². The normalized spacial score (nSPS) is 10.4. The van der Waals surface area contributed by atoms with E-state index in [1.807, 2.05) is 42.5 Å². The number of benzene rings is 2. The molecule has 1 N–H and O–H groups in total. The third-order valence-electron chi connectivity index (χ3n) is 4.09. The Morgan fingerprint density at radius 2 is 2.00 bits per heavy atom. The molecule has 2 aromatic heterocycles. The van der Waals surface area contributed by atoms with Gasteiger partial charge in [-0.2, -0.15) is 10.4 Å². The van der Waals surface area contributed by atoms with E-state index in [0.717, 1.165) is 11.1 Å². The minimum atomic E-state index is -0.378. The molecule has 4 rings (SSSR count). The fourth-order valence-electron chi connectivity index (χ4n) is 2.76. The molecule has 2 aromatic carbocycles. The number of rotatable bonds is 5. The van der Waals surface area contributed by atoms with Crippen LogP contribution in [-0.4, -0.2) is 20.8 Å². The fraction of sp³-hybridized carbons (Fsp3) is 0.0476. The topological polar surface area (TPSA) is 96.7 Å². The third-order valence-corrected chi connectivity index (χ3v) is 4.09. The Bertz CT molecular complexity index is 1150. The molecule has 0 saturated heterocycles. The van der Waals surface area contributed by atoms with E-state index in [2.05, 4.69) is 21.6 Å². The van der Waals surface area contributed by atoms with Crippen LogP contribution in [0.25, 0.3) is 11.3 Å². The number of aromatic nitrogens is 3. The Hall–Kier alpha value is -4.18. The highest BCUT2D eigenvalue weighted by molar-refractivity contribution is 6.03. The molecule has 0 unspecified atom stereocenters. The van der Waals surface area contributed by atoms with Gasteiger partial charge in [0, 0.05) is 17.8 Å². The van der Waals surface area contributed by atoms with E-state index in [9.17, 15) is 4.79 Å². The first-order valence-electron chi connectivity index (χ1n) is 8.56. The van der Waals surface area contributed by atoms with Crippen LogP contribution in [0.15, 0.2) is 77.6 Å². The van der Waals surface area contributed by atoms with Gasteiger partial charge in [-0.1, -0.05) is 47.6 Å². The van der Waals surface area contributed by atoms with E-state index in [-0.39, 0.29) is 11.6 Å². The molecule has 2 heterocycles. The van der Waals surface area contributed by atoms with Gasteiger partial charge in [-0.15, -0.1) is 0 Å². The van der Waals surface area contributed by atoms with Gasteiger partial charge in [0.15, 0.2) is 11.5 Å². The van der Waals surface area contributed by atoms with Crippen molar-refractivity contribution in [1.82, 2.24) is 14.9 Å². The first kappa shape index (κ1) is 17.2. The predicted octanol–water partition coefficient (Wildman–Crippen LogP) is 3.71. The van der Waals surface area contributed by atoms with Crippen molar-refractivity contribution >= 4 is 11.6 Å². The minimum Gasteiger partial charge on any atom is -0.355 e. The summed E-state index contributed by atoms with van der Waals surface area (Å²) in [6, 6.07) is 20.5. The molecule has 0 bridgehead atoms. The maximum Gasteiger partial charge on any atom is 0.277 e. The molecule has 0 aliphatic carbocycles. The fourth-order valence-corrected chi connectivity index (χ4v) is 2.76. The van der Waals surface area contributed by atoms with Crippen LogP contribution >= 0.6 is 0 Å². The molecule has 0 radical (unpaired) electrons. The van der Waals surface area contributed by atoms with Crippen molar-refractivity contribution in [1.29, 1.82) is 5.26 Å². The summed E-state index contributed by atoms with van der Waals surface area (Å²) in [6.07, 6.45) is 3.28. The SMILES string of the molecule is N#Cc1cccc(Cn2cc(NC(=O)c3cc(-c4ccccc4)on3)cn2)c1.